The first kappa shape index (κ1) is 14.6. The van der Waals surface area contributed by atoms with Gasteiger partial charge in [-0.3, -0.25) is 0 Å². The summed E-state index contributed by atoms with van der Waals surface area (Å²) in [6, 6.07) is 0. The molecule has 0 heterocycles. The number of hydrogen-bond acceptors (Lipinski definition) is 5. The van der Waals surface area contributed by atoms with Gasteiger partial charge in [-0.15, -0.1) is 0 Å². The van der Waals surface area contributed by atoms with Gasteiger partial charge < -0.3 is 0 Å². The van der Waals surface area contributed by atoms with Crippen LogP contribution in [0, 0.1) is 0 Å². The van der Waals surface area contributed by atoms with Gasteiger partial charge >= 0.3 is 92.4 Å². The van der Waals surface area contributed by atoms with E-state index in [2.05, 4.69) is 14.1 Å². The van der Waals surface area contributed by atoms with Gasteiger partial charge in [0.15, 0.2) is 0 Å². The van der Waals surface area contributed by atoms with E-state index in [1.165, 1.54) is 11.6 Å². The fourth-order valence-electron chi connectivity index (χ4n) is 0.703. The third kappa shape index (κ3) is 9.12. The third-order valence-electron chi connectivity index (χ3n) is 1.39. The SMILES string of the molecule is CCOCCS(=O)(=O)CCS/B=N/P. The molecule has 8 heteroatoms. The summed E-state index contributed by atoms with van der Waals surface area (Å²) < 4.78 is 31.3. The number of nitrogens with zero attached hydrogens (tertiary/aromatic N) is 1. The van der Waals surface area contributed by atoms with Gasteiger partial charge in [0.2, 0.25) is 0 Å². The van der Waals surface area contributed by atoms with Crippen molar-refractivity contribution >= 4 is 37.2 Å². The minimum atomic E-state index is -2.95. The monoisotopic (exact) mass is 255 g/mol. The van der Waals surface area contributed by atoms with Crippen molar-refractivity contribution in [3.8, 4) is 0 Å². The fraction of sp³-hybridized carbons (Fsp3) is 1.00. The average Bonchev–Trinajstić information content (AvgIpc) is 2.13. The molecule has 0 bridgehead atoms. The third-order valence-corrected chi connectivity index (χ3v) is 4.34. The van der Waals surface area contributed by atoms with Crippen molar-refractivity contribution in [3.63, 3.8) is 0 Å². The van der Waals surface area contributed by atoms with Crippen LogP contribution in [0.25, 0.3) is 0 Å². The molecule has 4 nitrogen and oxygen atoms in total. The summed E-state index contributed by atoms with van der Waals surface area (Å²) in [6.45, 7) is 2.70. The van der Waals surface area contributed by atoms with E-state index in [-0.39, 0.29) is 11.5 Å². The Labute approximate surface area is 92.6 Å². The van der Waals surface area contributed by atoms with Crippen molar-refractivity contribution in [1.82, 2.24) is 0 Å². The van der Waals surface area contributed by atoms with Gasteiger partial charge in [-0.25, -0.2) is 0 Å². The van der Waals surface area contributed by atoms with E-state index in [0.29, 0.717) is 19.0 Å². The van der Waals surface area contributed by atoms with E-state index < -0.39 is 9.84 Å². The van der Waals surface area contributed by atoms with Gasteiger partial charge in [-0.1, -0.05) is 0 Å². The summed E-state index contributed by atoms with van der Waals surface area (Å²) in [5, 5.41) is 0. The van der Waals surface area contributed by atoms with Crippen molar-refractivity contribution in [2.75, 3.05) is 30.5 Å². The van der Waals surface area contributed by atoms with E-state index in [9.17, 15) is 8.42 Å². The average molecular weight is 255 g/mol. The minimum absolute atomic E-state index is 0.111. The summed E-state index contributed by atoms with van der Waals surface area (Å²) in [5.41, 5.74) is 0. The van der Waals surface area contributed by atoms with Gasteiger partial charge in [-0.2, -0.15) is 0 Å². The maximum absolute atomic E-state index is 11.3. The van der Waals surface area contributed by atoms with E-state index in [4.69, 9.17) is 4.74 Å². The molecule has 0 aliphatic heterocycles. The van der Waals surface area contributed by atoms with Crippen LogP contribution in [0.1, 0.15) is 6.92 Å². The number of hydrogen-bond donors (Lipinski definition) is 0. The van der Waals surface area contributed by atoms with Crippen LogP contribution < -0.4 is 0 Å². The number of rotatable bonds is 8. The van der Waals surface area contributed by atoms with Gasteiger partial charge in [0.25, 0.3) is 0 Å². The quantitative estimate of drug-likeness (QED) is 0.365. The van der Waals surface area contributed by atoms with Gasteiger partial charge in [0, 0.05) is 0 Å². The molecule has 0 aliphatic rings. The first-order chi connectivity index (χ1) is 6.62. The zero-order valence-electron chi connectivity index (χ0n) is 8.18. The van der Waals surface area contributed by atoms with Crippen LogP contribution in [0.3, 0.4) is 0 Å². The molecule has 0 aliphatic carbocycles. The summed E-state index contributed by atoms with van der Waals surface area (Å²) in [5.74, 6) is 0.840. The molecule has 0 saturated heterocycles. The Balaban J connectivity index is 3.62. The molecule has 0 aromatic rings. The Bertz CT molecular complexity index is 258. The molecule has 0 amide bonds. The number of ether oxygens (including phenoxy) is 1. The molecule has 0 N–H and O–H groups in total. The van der Waals surface area contributed by atoms with Crippen LogP contribution in [0.2, 0.25) is 0 Å². The van der Waals surface area contributed by atoms with Crippen LogP contribution in [0.4, 0.5) is 0 Å². The second kappa shape index (κ2) is 8.83. The molecule has 1 unspecified atom stereocenters. The van der Waals surface area contributed by atoms with Crippen molar-refractivity contribution in [1.29, 1.82) is 0 Å². The molecular weight excluding hydrogens is 240 g/mol. The Morgan fingerprint density at radius 1 is 1.50 bits per heavy atom. The van der Waals surface area contributed by atoms with E-state index in [1.54, 1.807) is 6.35 Å². The predicted octanol–water partition coefficient (Wildman–Crippen LogP) is 0.764. The topological polar surface area (TPSA) is 55.7 Å². The molecule has 0 fully saturated rings. The molecule has 0 rings (SSSR count). The molecule has 14 heavy (non-hydrogen) atoms. The summed E-state index contributed by atoms with van der Waals surface area (Å²) >= 11 is 1.39. The van der Waals surface area contributed by atoms with Crippen molar-refractivity contribution in [2.45, 2.75) is 6.92 Å². The molecule has 0 spiro atoms. The Kier molecular flexibility index (Phi) is 9.18. The Hall–Kier alpha value is 0.555. The van der Waals surface area contributed by atoms with Crippen LogP contribution in [-0.2, 0) is 14.6 Å². The molecule has 1 atom stereocenters. The fourth-order valence-corrected chi connectivity index (χ4v) is 3.13. The zero-order chi connectivity index (χ0) is 10.9. The van der Waals surface area contributed by atoms with Crippen LogP contribution in [0.5, 0.6) is 0 Å². The molecule has 0 aromatic carbocycles. The van der Waals surface area contributed by atoms with Crippen LogP contribution in [-0.4, -0.2) is 45.2 Å². The summed E-state index contributed by atoms with van der Waals surface area (Å²) in [7, 11) is -0.753. The van der Waals surface area contributed by atoms with Crippen LogP contribution in [0.15, 0.2) is 4.67 Å². The molecule has 0 radical (unpaired) electrons. The zero-order valence-corrected chi connectivity index (χ0v) is 11.0. The van der Waals surface area contributed by atoms with Gasteiger partial charge in [0.1, 0.15) is 0 Å². The second-order valence-corrected chi connectivity index (χ2v) is 6.03. The van der Waals surface area contributed by atoms with Crippen LogP contribution >= 0.6 is 21.0 Å². The second-order valence-electron chi connectivity index (χ2n) is 2.47. The molecule has 0 aromatic heterocycles. The molecule has 0 saturated carbocycles. The van der Waals surface area contributed by atoms with Gasteiger partial charge in [-0.05, 0) is 0 Å². The van der Waals surface area contributed by atoms with Crippen molar-refractivity contribution in [2.24, 2.45) is 4.67 Å². The Morgan fingerprint density at radius 3 is 2.79 bits per heavy atom. The molecule has 82 valence electrons. The molecular formula is C6H15BNO3PS2. The maximum atomic E-state index is 11.3. The first-order valence-electron chi connectivity index (χ1n) is 4.24. The predicted molar refractivity (Wildman–Crippen MR) is 65.5 cm³/mol. The standard InChI is InChI=1S/C6H15BNO3PS2/c1-2-11-3-5-14(9,10)6-4-13-7-8-12/h2-6,12H2,1H3. The normalized spacial score (nSPS) is 11.9. The van der Waals surface area contributed by atoms with Crippen molar-refractivity contribution < 1.29 is 13.2 Å². The van der Waals surface area contributed by atoms with E-state index in [0.717, 1.165) is 0 Å². The summed E-state index contributed by atoms with van der Waals surface area (Å²) in [4.78, 5) is 0. The van der Waals surface area contributed by atoms with E-state index >= 15 is 0 Å². The van der Waals surface area contributed by atoms with E-state index in [1.807, 2.05) is 6.92 Å². The van der Waals surface area contributed by atoms with Crippen molar-refractivity contribution in [3.05, 3.63) is 0 Å². The van der Waals surface area contributed by atoms with Gasteiger partial charge in [0.05, 0.1) is 0 Å². The summed E-state index contributed by atoms with van der Waals surface area (Å²) in [6.07, 6.45) is 1.61. The first-order valence-corrected chi connectivity index (χ1v) is 7.62. The number of sulfone groups is 1. The Morgan fingerprint density at radius 2 is 2.21 bits per heavy atom.